The van der Waals surface area contributed by atoms with Gasteiger partial charge in [0, 0.05) is 5.41 Å². The Morgan fingerprint density at radius 1 is 1.28 bits per heavy atom. The molecule has 25 heavy (non-hydrogen) atoms. The van der Waals surface area contributed by atoms with Crippen LogP contribution >= 0.6 is 11.3 Å². The van der Waals surface area contributed by atoms with Gasteiger partial charge in [0.1, 0.15) is 21.3 Å². The van der Waals surface area contributed by atoms with E-state index in [2.05, 4.69) is 5.32 Å². The first-order valence-electron chi connectivity index (χ1n) is 7.32. The van der Waals surface area contributed by atoms with Gasteiger partial charge in [-0.3, -0.25) is 4.79 Å². The number of hydrogen-bond donors (Lipinski definition) is 3. The van der Waals surface area contributed by atoms with Crippen LogP contribution in [0.25, 0.3) is 0 Å². The van der Waals surface area contributed by atoms with E-state index in [1.807, 2.05) is 0 Å². The van der Waals surface area contributed by atoms with Crippen LogP contribution in [0.1, 0.15) is 31.1 Å². The molecule has 1 heterocycles. The number of carbonyl (C=O) groups excluding carboxylic acids is 1. The molecule has 1 atom stereocenters. The number of primary amides is 1. The minimum atomic E-state index is -3.94. The predicted molar refractivity (Wildman–Crippen MR) is 93.8 cm³/mol. The van der Waals surface area contributed by atoms with Crippen molar-refractivity contribution in [3.8, 4) is 0 Å². The van der Waals surface area contributed by atoms with Crippen molar-refractivity contribution in [2.75, 3.05) is 5.32 Å². The number of halogens is 1. The maximum Gasteiger partial charge on any atom is 0.251 e. The van der Waals surface area contributed by atoms with E-state index in [-0.39, 0.29) is 19.7 Å². The molecule has 1 unspecified atom stereocenters. The van der Waals surface area contributed by atoms with Gasteiger partial charge in [0.15, 0.2) is 0 Å². The summed E-state index contributed by atoms with van der Waals surface area (Å²) in [6.45, 7) is 5.33. The molecule has 0 radical (unpaired) electrons. The third-order valence-corrected chi connectivity index (χ3v) is 6.76. The number of nitrogens with two attached hydrogens (primary N) is 1. The van der Waals surface area contributed by atoms with Crippen LogP contribution in [0.5, 0.6) is 0 Å². The number of nitrogens with one attached hydrogen (secondary N) is 1. The molecule has 2 aromatic rings. The van der Waals surface area contributed by atoms with Crippen molar-refractivity contribution in [1.82, 2.24) is 0 Å². The molecule has 1 aromatic heterocycles. The van der Waals surface area contributed by atoms with E-state index in [9.17, 15) is 22.7 Å². The third kappa shape index (κ3) is 4.17. The van der Waals surface area contributed by atoms with Crippen LogP contribution in [0.15, 0.2) is 39.4 Å². The van der Waals surface area contributed by atoms with E-state index in [0.717, 1.165) is 41.7 Å². The summed E-state index contributed by atoms with van der Waals surface area (Å²) in [5, 5.41) is 13.1. The minimum absolute atomic E-state index is 0.0333. The van der Waals surface area contributed by atoms with Gasteiger partial charge >= 0.3 is 0 Å². The van der Waals surface area contributed by atoms with Crippen molar-refractivity contribution in [2.45, 2.75) is 36.1 Å². The Labute approximate surface area is 149 Å². The van der Waals surface area contributed by atoms with Gasteiger partial charge in [0.05, 0.1) is 10.5 Å². The van der Waals surface area contributed by atoms with Crippen molar-refractivity contribution in [3.05, 3.63) is 41.7 Å². The Hall–Kier alpha value is -1.97. The molecular weight excluding hydrogens is 367 g/mol. The van der Waals surface area contributed by atoms with Gasteiger partial charge in [0.2, 0.25) is 9.84 Å². The van der Waals surface area contributed by atoms with Crippen LogP contribution in [0, 0.1) is 11.2 Å². The molecule has 9 heteroatoms. The van der Waals surface area contributed by atoms with Crippen LogP contribution in [-0.2, 0) is 9.84 Å². The number of benzene rings is 1. The number of anilines is 1. The molecule has 136 valence electrons. The first-order valence-corrected chi connectivity index (χ1v) is 9.62. The summed E-state index contributed by atoms with van der Waals surface area (Å²) in [5.41, 5.74) is 4.74. The summed E-state index contributed by atoms with van der Waals surface area (Å²) in [4.78, 5) is 11.5. The second-order valence-electron chi connectivity index (χ2n) is 6.54. The molecule has 0 aliphatic rings. The molecule has 4 N–H and O–H groups in total. The topological polar surface area (TPSA) is 109 Å². The number of aliphatic hydroxyl groups excluding tert-OH is 1. The summed E-state index contributed by atoms with van der Waals surface area (Å²) in [7, 11) is -3.94. The fourth-order valence-corrected chi connectivity index (χ4v) is 4.66. The predicted octanol–water partition coefficient (Wildman–Crippen LogP) is 2.60. The number of thiophene rings is 1. The second-order valence-corrected chi connectivity index (χ2v) is 9.77. The minimum Gasteiger partial charge on any atom is -0.373 e. The number of rotatable bonds is 5. The number of hydrogen-bond acceptors (Lipinski definition) is 6. The van der Waals surface area contributed by atoms with E-state index in [0.29, 0.717) is 0 Å². The summed E-state index contributed by atoms with van der Waals surface area (Å²) in [5.74, 6) is -1.38. The molecule has 0 bridgehead atoms. The molecule has 0 spiro atoms. The first-order chi connectivity index (χ1) is 11.4. The van der Waals surface area contributed by atoms with Crippen molar-refractivity contribution >= 4 is 32.1 Å². The second kappa shape index (κ2) is 6.74. The highest BCUT2D eigenvalue weighted by molar-refractivity contribution is 7.93. The average molecular weight is 386 g/mol. The standard InChI is InChI=1S/C16H19FN2O4S2/c1-16(2,3)15(21)19-14-11(13(18)20)8-12(24-14)25(22,23)10-6-4-9(17)5-7-10/h4-8,15,19,21H,1-3H3,(H2,18,20). The zero-order chi connectivity index (χ0) is 19.0. The van der Waals surface area contributed by atoms with Crippen molar-refractivity contribution < 1.29 is 22.7 Å². The molecule has 0 aliphatic heterocycles. The van der Waals surface area contributed by atoms with Crippen LogP contribution in [0.4, 0.5) is 9.39 Å². The fourth-order valence-electron chi connectivity index (χ4n) is 1.86. The molecule has 0 fully saturated rings. The summed E-state index contributed by atoms with van der Waals surface area (Å²) in [6, 6.07) is 5.52. The van der Waals surface area contributed by atoms with Gasteiger partial charge in [-0.05, 0) is 30.3 Å². The van der Waals surface area contributed by atoms with E-state index in [4.69, 9.17) is 5.73 Å². The Balaban J connectivity index is 2.48. The highest BCUT2D eigenvalue weighted by Crippen LogP contribution is 2.36. The maximum atomic E-state index is 13.0. The van der Waals surface area contributed by atoms with Crippen LogP contribution in [-0.4, -0.2) is 25.7 Å². The molecular formula is C16H19FN2O4S2. The lowest BCUT2D eigenvalue weighted by Crippen LogP contribution is -2.33. The number of carbonyl (C=O) groups is 1. The summed E-state index contributed by atoms with van der Waals surface area (Å²) >= 11 is 0.785. The molecule has 1 amide bonds. The van der Waals surface area contributed by atoms with Gasteiger partial charge in [-0.25, -0.2) is 12.8 Å². The van der Waals surface area contributed by atoms with Gasteiger partial charge in [-0.15, -0.1) is 11.3 Å². The number of amides is 1. The normalized spacial score (nSPS) is 13.5. The third-order valence-electron chi connectivity index (χ3n) is 3.45. The Morgan fingerprint density at radius 2 is 1.84 bits per heavy atom. The Bertz CT molecular complexity index is 884. The molecule has 0 saturated heterocycles. The SMILES string of the molecule is CC(C)(C)C(O)Nc1sc(S(=O)(=O)c2ccc(F)cc2)cc1C(N)=O. The Morgan fingerprint density at radius 3 is 2.32 bits per heavy atom. The smallest absolute Gasteiger partial charge is 0.251 e. The van der Waals surface area contributed by atoms with Crippen molar-refractivity contribution in [1.29, 1.82) is 0 Å². The van der Waals surface area contributed by atoms with E-state index < -0.39 is 33.2 Å². The maximum absolute atomic E-state index is 13.0. The van der Waals surface area contributed by atoms with E-state index in [1.165, 1.54) is 0 Å². The van der Waals surface area contributed by atoms with Crippen molar-refractivity contribution in [3.63, 3.8) is 0 Å². The van der Waals surface area contributed by atoms with Crippen LogP contribution in [0.2, 0.25) is 0 Å². The quantitative estimate of drug-likeness (QED) is 0.540. The molecule has 6 nitrogen and oxygen atoms in total. The highest BCUT2D eigenvalue weighted by atomic mass is 32.2. The molecule has 0 aliphatic carbocycles. The average Bonchev–Trinajstić information content (AvgIpc) is 2.91. The van der Waals surface area contributed by atoms with Crippen LogP contribution < -0.4 is 11.1 Å². The largest absolute Gasteiger partial charge is 0.373 e. The zero-order valence-electron chi connectivity index (χ0n) is 13.9. The monoisotopic (exact) mass is 386 g/mol. The van der Waals surface area contributed by atoms with Gasteiger partial charge in [-0.1, -0.05) is 20.8 Å². The van der Waals surface area contributed by atoms with Crippen molar-refractivity contribution in [2.24, 2.45) is 11.1 Å². The van der Waals surface area contributed by atoms with Gasteiger partial charge in [-0.2, -0.15) is 0 Å². The first kappa shape index (κ1) is 19.4. The highest BCUT2D eigenvalue weighted by Gasteiger charge is 2.28. The lowest BCUT2D eigenvalue weighted by Gasteiger charge is -2.27. The number of sulfone groups is 1. The van der Waals surface area contributed by atoms with Gasteiger partial charge in [0.25, 0.3) is 5.91 Å². The zero-order valence-corrected chi connectivity index (χ0v) is 15.5. The lowest BCUT2D eigenvalue weighted by atomic mass is 9.94. The van der Waals surface area contributed by atoms with Gasteiger partial charge < -0.3 is 16.2 Å². The Kier molecular flexibility index (Phi) is 5.22. The number of aliphatic hydroxyl groups is 1. The van der Waals surface area contributed by atoms with Crippen LogP contribution in [0.3, 0.4) is 0 Å². The molecule has 1 aromatic carbocycles. The summed E-state index contributed by atoms with van der Waals surface area (Å²) in [6.07, 6.45) is -1.02. The molecule has 2 rings (SSSR count). The van der Waals surface area contributed by atoms with E-state index >= 15 is 0 Å². The fraction of sp³-hybridized carbons (Fsp3) is 0.312. The molecule has 0 saturated carbocycles. The lowest BCUT2D eigenvalue weighted by molar-refractivity contribution is 0.0880. The van der Waals surface area contributed by atoms with E-state index in [1.54, 1.807) is 20.8 Å². The summed E-state index contributed by atoms with van der Waals surface area (Å²) < 4.78 is 38.2.